The summed E-state index contributed by atoms with van der Waals surface area (Å²) in [6.45, 7) is 0. The quantitative estimate of drug-likeness (QED) is 0.749. The lowest BCUT2D eigenvalue weighted by Crippen LogP contribution is -2.12. The number of nitrogens with zero attached hydrogens (tertiary/aromatic N) is 2. The van der Waals surface area contributed by atoms with E-state index in [0.717, 1.165) is 0 Å². The number of carboxylic acid groups (broad SMARTS) is 1. The Balaban J connectivity index is 2.06. The normalized spacial score (nSPS) is 11.2. The number of rotatable bonds is 7. The number of carbonyl (C=O) groups excluding carboxylic acids is 1. The third-order valence-electron chi connectivity index (χ3n) is 3.57. The lowest BCUT2D eigenvalue weighted by Gasteiger charge is -2.10. The van der Waals surface area contributed by atoms with Crippen LogP contribution in [-0.4, -0.2) is 17.0 Å². The van der Waals surface area contributed by atoms with E-state index in [2.05, 4.69) is 10.5 Å². The third kappa shape index (κ3) is 4.97. The van der Waals surface area contributed by atoms with Crippen LogP contribution in [0.5, 0.6) is 0 Å². The average molecular weight is 337 g/mol. The van der Waals surface area contributed by atoms with Gasteiger partial charge in [-0.05, 0) is 42.3 Å². The van der Waals surface area contributed by atoms with E-state index in [1.165, 1.54) is 6.07 Å². The first-order chi connectivity index (χ1) is 12.0. The summed E-state index contributed by atoms with van der Waals surface area (Å²) in [7, 11) is 0. The average Bonchev–Trinajstić information content (AvgIpc) is 2.63. The summed E-state index contributed by atoms with van der Waals surface area (Å²) in [4.78, 5) is 33.7. The van der Waals surface area contributed by atoms with Gasteiger partial charge in [0.15, 0.2) is 0 Å². The van der Waals surface area contributed by atoms with Crippen molar-refractivity contribution >= 4 is 17.6 Å². The Morgan fingerprint density at radius 2 is 1.92 bits per heavy atom. The van der Waals surface area contributed by atoms with Crippen molar-refractivity contribution in [2.24, 2.45) is 5.18 Å². The molecule has 0 aliphatic heterocycles. The molecule has 0 aliphatic rings. The van der Waals surface area contributed by atoms with Gasteiger partial charge < -0.3 is 10.4 Å². The second-order valence-electron chi connectivity index (χ2n) is 5.32. The van der Waals surface area contributed by atoms with Crippen LogP contribution in [0.2, 0.25) is 0 Å². The molecule has 0 fully saturated rings. The molecule has 0 radical (unpaired) electrons. The van der Waals surface area contributed by atoms with Gasteiger partial charge in [0.1, 0.15) is 6.04 Å². The summed E-state index contributed by atoms with van der Waals surface area (Å²) >= 11 is 0. The SMILES string of the molecule is N#Cc1cccc(C(=O)Nc2ccc(C(CCC(=O)O)N=O)cc2)c1. The maximum atomic E-state index is 12.2. The van der Waals surface area contributed by atoms with E-state index in [1.54, 1.807) is 42.5 Å². The van der Waals surface area contributed by atoms with Crippen molar-refractivity contribution in [2.45, 2.75) is 18.9 Å². The Labute approximate surface area is 143 Å². The molecule has 2 aromatic carbocycles. The molecule has 2 N–H and O–H groups in total. The molecule has 1 atom stereocenters. The molecular weight excluding hydrogens is 322 g/mol. The van der Waals surface area contributed by atoms with E-state index in [-0.39, 0.29) is 18.7 Å². The predicted octanol–water partition coefficient (Wildman–Crippen LogP) is 3.48. The lowest BCUT2D eigenvalue weighted by atomic mass is 10.0. The van der Waals surface area contributed by atoms with Crippen molar-refractivity contribution in [1.82, 2.24) is 0 Å². The molecule has 2 aromatic rings. The van der Waals surface area contributed by atoms with Gasteiger partial charge in [-0.25, -0.2) is 0 Å². The van der Waals surface area contributed by atoms with Gasteiger partial charge in [0.05, 0.1) is 11.6 Å². The zero-order valence-corrected chi connectivity index (χ0v) is 13.2. The Hall–Kier alpha value is -3.53. The van der Waals surface area contributed by atoms with E-state index in [1.807, 2.05) is 6.07 Å². The van der Waals surface area contributed by atoms with Gasteiger partial charge in [0, 0.05) is 17.7 Å². The van der Waals surface area contributed by atoms with Crippen molar-refractivity contribution in [2.75, 3.05) is 5.32 Å². The molecule has 0 saturated carbocycles. The first-order valence-corrected chi connectivity index (χ1v) is 7.49. The molecule has 7 nitrogen and oxygen atoms in total. The van der Waals surface area contributed by atoms with Gasteiger partial charge in [0.2, 0.25) is 0 Å². The third-order valence-corrected chi connectivity index (χ3v) is 3.57. The smallest absolute Gasteiger partial charge is 0.303 e. The summed E-state index contributed by atoms with van der Waals surface area (Å²) in [5.41, 5.74) is 1.85. The van der Waals surface area contributed by atoms with Crippen LogP contribution in [-0.2, 0) is 4.79 Å². The van der Waals surface area contributed by atoms with E-state index < -0.39 is 12.0 Å². The summed E-state index contributed by atoms with van der Waals surface area (Å²) < 4.78 is 0. The van der Waals surface area contributed by atoms with Crippen LogP contribution >= 0.6 is 0 Å². The molecule has 126 valence electrons. The highest BCUT2D eigenvalue weighted by Crippen LogP contribution is 2.24. The van der Waals surface area contributed by atoms with E-state index >= 15 is 0 Å². The minimum Gasteiger partial charge on any atom is -0.481 e. The van der Waals surface area contributed by atoms with Gasteiger partial charge in [-0.1, -0.05) is 23.4 Å². The van der Waals surface area contributed by atoms with Gasteiger partial charge in [-0.15, -0.1) is 0 Å². The van der Waals surface area contributed by atoms with Crippen LogP contribution in [0.3, 0.4) is 0 Å². The van der Waals surface area contributed by atoms with E-state index in [4.69, 9.17) is 10.4 Å². The van der Waals surface area contributed by atoms with Crippen LogP contribution in [0.15, 0.2) is 53.7 Å². The zero-order valence-electron chi connectivity index (χ0n) is 13.2. The number of nitroso groups, excluding NO2 is 1. The number of benzene rings is 2. The number of anilines is 1. The molecule has 1 unspecified atom stereocenters. The van der Waals surface area contributed by atoms with Gasteiger partial charge in [-0.3, -0.25) is 9.59 Å². The molecular formula is C18H15N3O4. The number of nitrogens with one attached hydrogen (secondary N) is 1. The molecule has 7 heteroatoms. The van der Waals surface area contributed by atoms with E-state index in [9.17, 15) is 14.5 Å². The first kappa shape index (κ1) is 17.8. The monoisotopic (exact) mass is 337 g/mol. The van der Waals surface area contributed by atoms with Crippen LogP contribution in [0.4, 0.5) is 5.69 Å². The van der Waals surface area contributed by atoms with Crippen molar-refractivity contribution < 1.29 is 14.7 Å². The zero-order chi connectivity index (χ0) is 18.2. The van der Waals surface area contributed by atoms with Crippen molar-refractivity contribution in [3.05, 3.63) is 70.1 Å². The Morgan fingerprint density at radius 1 is 1.20 bits per heavy atom. The number of amides is 1. The molecule has 0 bridgehead atoms. The molecule has 0 heterocycles. The number of hydrogen-bond donors (Lipinski definition) is 2. The largest absolute Gasteiger partial charge is 0.481 e. The van der Waals surface area contributed by atoms with Crippen LogP contribution < -0.4 is 5.32 Å². The number of carbonyl (C=O) groups is 2. The maximum absolute atomic E-state index is 12.2. The number of hydrogen-bond acceptors (Lipinski definition) is 5. The number of carboxylic acids is 1. The lowest BCUT2D eigenvalue weighted by molar-refractivity contribution is -0.137. The van der Waals surface area contributed by atoms with Gasteiger partial charge >= 0.3 is 5.97 Å². The fraction of sp³-hybridized carbons (Fsp3) is 0.167. The predicted molar refractivity (Wildman–Crippen MR) is 91.0 cm³/mol. The molecule has 1 amide bonds. The fourth-order valence-electron chi connectivity index (χ4n) is 2.26. The fourth-order valence-corrected chi connectivity index (χ4v) is 2.26. The molecule has 25 heavy (non-hydrogen) atoms. The summed E-state index contributed by atoms with van der Waals surface area (Å²) in [6.07, 6.45) is -0.0321. The van der Waals surface area contributed by atoms with Gasteiger partial charge in [0.25, 0.3) is 5.91 Å². The van der Waals surface area contributed by atoms with Crippen LogP contribution in [0.25, 0.3) is 0 Å². The molecule has 0 spiro atoms. The van der Waals surface area contributed by atoms with Crippen LogP contribution in [0.1, 0.15) is 40.4 Å². The summed E-state index contributed by atoms with van der Waals surface area (Å²) in [6, 6.07) is 14.0. The molecule has 0 aliphatic carbocycles. The highest BCUT2D eigenvalue weighted by atomic mass is 16.4. The van der Waals surface area contributed by atoms with Crippen LogP contribution in [0, 0.1) is 16.2 Å². The summed E-state index contributed by atoms with van der Waals surface area (Å²) in [5, 5.41) is 23.2. The van der Waals surface area contributed by atoms with Crippen molar-refractivity contribution in [3.63, 3.8) is 0 Å². The molecule has 2 rings (SSSR count). The minimum absolute atomic E-state index is 0.117. The van der Waals surface area contributed by atoms with Gasteiger partial charge in [-0.2, -0.15) is 10.2 Å². The summed E-state index contributed by atoms with van der Waals surface area (Å²) in [5.74, 6) is -1.35. The molecule has 0 aromatic heterocycles. The van der Waals surface area contributed by atoms with E-state index in [0.29, 0.717) is 22.4 Å². The Morgan fingerprint density at radius 3 is 2.52 bits per heavy atom. The number of nitriles is 1. The highest BCUT2D eigenvalue weighted by Gasteiger charge is 2.14. The topological polar surface area (TPSA) is 120 Å². The first-order valence-electron chi connectivity index (χ1n) is 7.49. The molecule has 0 saturated heterocycles. The highest BCUT2D eigenvalue weighted by molar-refractivity contribution is 6.04. The standard InChI is InChI=1S/C18H15N3O4/c19-11-12-2-1-3-14(10-12)18(24)20-15-6-4-13(5-7-15)16(21-25)8-9-17(22)23/h1-7,10,16H,8-9H2,(H,20,24)(H,22,23). The Kier molecular flexibility index (Phi) is 5.96. The number of aliphatic carboxylic acids is 1. The maximum Gasteiger partial charge on any atom is 0.303 e. The second kappa shape index (κ2) is 8.36. The minimum atomic E-state index is -0.989. The van der Waals surface area contributed by atoms with Crippen molar-refractivity contribution in [3.8, 4) is 6.07 Å². The van der Waals surface area contributed by atoms with Crippen molar-refractivity contribution in [1.29, 1.82) is 5.26 Å². The Bertz CT molecular complexity index is 825. The second-order valence-corrected chi connectivity index (χ2v) is 5.32.